The lowest BCUT2D eigenvalue weighted by molar-refractivity contribution is -0.123. The van der Waals surface area contributed by atoms with Crippen LogP contribution < -0.4 is 15.0 Å². The van der Waals surface area contributed by atoms with Crippen molar-refractivity contribution in [3.05, 3.63) is 47.6 Å². The number of amides is 1. The van der Waals surface area contributed by atoms with Crippen LogP contribution in [0.3, 0.4) is 0 Å². The maximum atomic E-state index is 12.6. The number of methoxy groups -OCH3 is 1. The number of carbonyl (C=O) groups excluding carboxylic acids is 1. The van der Waals surface area contributed by atoms with Gasteiger partial charge < -0.3 is 15.0 Å². The maximum absolute atomic E-state index is 12.6. The lowest BCUT2D eigenvalue weighted by Gasteiger charge is -2.35. The summed E-state index contributed by atoms with van der Waals surface area (Å²) < 4.78 is 5.40. The highest BCUT2D eigenvalue weighted by Gasteiger charge is 2.22. The van der Waals surface area contributed by atoms with E-state index in [1.54, 1.807) is 24.8 Å². The molecule has 152 valence electrons. The average molecular weight is 412 g/mol. The summed E-state index contributed by atoms with van der Waals surface area (Å²) in [5, 5.41) is 6.24. The molecule has 1 aliphatic heterocycles. The van der Waals surface area contributed by atoms with Gasteiger partial charge in [-0.25, -0.2) is 9.97 Å². The monoisotopic (exact) mass is 411 g/mol. The van der Waals surface area contributed by atoms with Gasteiger partial charge in [-0.3, -0.25) is 9.69 Å². The molecule has 7 nitrogen and oxygen atoms in total. The zero-order valence-electron chi connectivity index (χ0n) is 16.7. The number of nitrogens with zero attached hydrogens (tertiary/aromatic N) is 4. The number of hydrogen-bond acceptors (Lipinski definition) is 7. The minimum absolute atomic E-state index is 0.0270. The number of anilines is 1. The van der Waals surface area contributed by atoms with Crippen molar-refractivity contribution in [1.29, 1.82) is 0 Å². The number of thiophene rings is 1. The predicted molar refractivity (Wildman–Crippen MR) is 116 cm³/mol. The van der Waals surface area contributed by atoms with Gasteiger partial charge in [-0.2, -0.15) is 0 Å². The number of benzene rings is 1. The van der Waals surface area contributed by atoms with E-state index < -0.39 is 0 Å². The molecular weight excluding hydrogens is 386 g/mol. The molecule has 0 saturated carbocycles. The van der Waals surface area contributed by atoms with Gasteiger partial charge in [0.15, 0.2) is 0 Å². The maximum Gasteiger partial charge on any atom is 0.234 e. The van der Waals surface area contributed by atoms with Crippen LogP contribution in [0.5, 0.6) is 5.75 Å². The third-order valence-corrected chi connectivity index (χ3v) is 6.08. The molecule has 1 aliphatic rings. The molecule has 1 atom stereocenters. The standard InChI is InChI=1S/C21H25N5O2S/c1-15(16-5-3-4-6-18(16)28-2)24-19(27)13-25-8-10-26(11-9-25)20-17-7-12-29-21(17)23-14-22-20/h3-7,12,14-15H,8-11,13H2,1-2H3,(H,24,27). The highest BCUT2D eigenvalue weighted by molar-refractivity contribution is 7.16. The molecule has 1 N–H and O–H groups in total. The van der Waals surface area contributed by atoms with E-state index >= 15 is 0 Å². The van der Waals surface area contributed by atoms with Crippen molar-refractivity contribution in [3.8, 4) is 5.75 Å². The molecule has 2 aromatic heterocycles. The molecule has 0 bridgehead atoms. The van der Waals surface area contributed by atoms with E-state index in [-0.39, 0.29) is 11.9 Å². The zero-order valence-corrected chi connectivity index (χ0v) is 17.5. The van der Waals surface area contributed by atoms with Gasteiger partial charge >= 0.3 is 0 Å². The van der Waals surface area contributed by atoms with Gasteiger partial charge in [-0.05, 0) is 24.4 Å². The van der Waals surface area contributed by atoms with Gasteiger partial charge in [0.2, 0.25) is 5.91 Å². The Morgan fingerprint density at radius 2 is 2.00 bits per heavy atom. The van der Waals surface area contributed by atoms with Gasteiger partial charge in [0.05, 0.1) is 25.1 Å². The van der Waals surface area contributed by atoms with Gasteiger partial charge in [0.25, 0.3) is 0 Å². The van der Waals surface area contributed by atoms with Crippen LogP contribution in [-0.2, 0) is 4.79 Å². The van der Waals surface area contributed by atoms with E-state index in [0.717, 1.165) is 53.5 Å². The molecule has 0 aliphatic carbocycles. The first kappa shape index (κ1) is 19.6. The molecule has 3 aromatic rings. The van der Waals surface area contributed by atoms with Crippen molar-refractivity contribution in [2.75, 3.05) is 44.7 Å². The summed E-state index contributed by atoms with van der Waals surface area (Å²) >= 11 is 1.63. The van der Waals surface area contributed by atoms with Crippen LogP contribution in [0, 0.1) is 0 Å². The summed E-state index contributed by atoms with van der Waals surface area (Å²) in [5.74, 6) is 1.81. The van der Waals surface area contributed by atoms with Gasteiger partial charge in [-0.1, -0.05) is 18.2 Å². The van der Waals surface area contributed by atoms with Crippen molar-refractivity contribution in [3.63, 3.8) is 0 Å². The molecule has 1 fully saturated rings. The second-order valence-electron chi connectivity index (χ2n) is 7.13. The topological polar surface area (TPSA) is 70.6 Å². The third kappa shape index (κ3) is 4.33. The minimum Gasteiger partial charge on any atom is -0.496 e. The van der Waals surface area contributed by atoms with E-state index in [4.69, 9.17) is 4.74 Å². The van der Waals surface area contributed by atoms with E-state index in [0.29, 0.717) is 6.54 Å². The SMILES string of the molecule is COc1ccccc1C(C)NC(=O)CN1CCN(c2ncnc3sccc23)CC1. The first-order valence-corrected chi connectivity index (χ1v) is 10.6. The molecule has 8 heteroatoms. The number of nitrogens with one attached hydrogen (secondary N) is 1. The van der Waals surface area contributed by atoms with Crippen molar-refractivity contribution in [2.45, 2.75) is 13.0 Å². The fourth-order valence-electron chi connectivity index (χ4n) is 3.74. The Kier molecular flexibility index (Phi) is 5.92. The number of hydrogen-bond donors (Lipinski definition) is 1. The number of piperazine rings is 1. The summed E-state index contributed by atoms with van der Waals surface area (Å²) in [6, 6.07) is 9.75. The summed E-state index contributed by atoms with van der Waals surface area (Å²) in [6.45, 7) is 5.71. The molecule has 0 radical (unpaired) electrons. The number of rotatable bonds is 6. The highest BCUT2D eigenvalue weighted by Crippen LogP contribution is 2.27. The van der Waals surface area contributed by atoms with E-state index in [9.17, 15) is 4.79 Å². The second kappa shape index (κ2) is 8.75. The smallest absolute Gasteiger partial charge is 0.234 e. The van der Waals surface area contributed by atoms with Crippen LogP contribution in [-0.4, -0.2) is 60.6 Å². The number of para-hydroxylation sites is 1. The van der Waals surface area contributed by atoms with Crippen LogP contribution >= 0.6 is 11.3 Å². The first-order valence-electron chi connectivity index (χ1n) is 9.73. The van der Waals surface area contributed by atoms with Crippen LogP contribution in [0.4, 0.5) is 5.82 Å². The summed E-state index contributed by atoms with van der Waals surface area (Å²) in [4.78, 5) is 26.9. The second-order valence-corrected chi connectivity index (χ2v) is 8.03. The molecule has 1 amide bonds. The Morgan fingerprint density at radius 1 is 1.21 bits per heavy atom. The summed E-state index contributed by atoms with van der Waals surface area (Å²) in [5.41, 5.74) is 0.983. The lowest BCUT2D eigenvalue weighted by atomic mass is 10.1. The third-order valence-electron chi connectivity index (χ3n) is 5.26. The largest absolute Gasteiger partial charge is 0.496 e. The highest BCUT2D eigenvalue weighted by atomic mass is 32.1. The molecule has 1 aromatic carbocycles. The van der Waals surface area contributed by atoms with Crippen molar-refractivity contribution in [1.82, 2.24) is 20.2 Å². The van der Waals surface area contributed by atoms with Gasteiger partial charge in [0, 0.05) is 31.7 Å². The van der Waals surface area contributed by atoms with E-state index in [1.807, 2.05) is 36.6 Å². The van der Waals surface area contributed by atoms with Crippen molar-refractivity contribution < 1.29 is 9.53 Å². The van der Waals surface area contributed by atoms with E-state index in [1.165, 1.54) is 0 Å². The van der Waals surface area contributed by atoms with Gasteiger partial charge in [0.1, 0.15) is 22.7 Å². The Hall–Kier alpha value is -2.71. The number of aromatic nitrogens is 2. The fraction of sp³-hybridized carbons (Fsp3) is 0.381. The molecule has 3 heterocycles. The van der Waals surface area contributed by atoms with Gasteiger partial charge in [-0.15, -0.1) is 11.3 Å². The number of ether oxygens (including phenoxy) is 1. The van der Waals surface area contributed by atoms with E-state index in [2.05, 4.69) is 31.2 Å². The lowest BCUT2D eigenvalue weighted by Crippen LogP contribution is -2.50. The molecule has 0 spiro atoms. The molecule has 1 unspecified atom stereocenters. The van der Waals surface area contributed by atoms with Crippen LogP contribution in [0.25, 0.3) is 10.2 Å². The minimum atomic E-state index is -0.104. The number of fused-ring (bicyclic) bond motifs is 1. The average Bonchev–Trinajstić information content (AvgIpc) is 3.23. The molecule has 1 saturated heterocycles. The number of carbonyl (C=O) groups is 1. The Morgan fingerprint density at radius 3 is 2.79 bits per heavy atom. The first-order chi connectivity index (χ1) is 14.2. The van der Waals surface area contributed by atoms with Crippen LogP contribution in [0.15, 0.2) is 42.0 Å². The predicted octanol–water partition coefficient (Wildman–Crippen LogP) is 2.70. The Balaban J connectivity index is 1.31. The molecule has 29 heavy (non-hydrogen) atoms. The van der Waals surface area contributed by atoms with Crippen molar-refractivity contribution in [2.24, 2.45) is 0 Å². The Labute approximate surface area is 174 Å². The fourth-order valence-corrected chi connectivity index (χ4v) is 4.47. The normalized spacial score (nSPS) is 16.0. The Bertz CT molecular complexity index is 984. The molecular formula is C21H25N5O2S. The summed E-state index contributed by atoms with van der Waals surface area (Å²) in [7, 11) is 1.65. The van der Waals surface area contributed by atoms with Crippen LogP contribution in [0.2, 0.25) is 0 Å². The quantitative estimate of drug-likeness (QED) is 0.673. The van der Waals surface area contributed by atoms with Crippen LogP contribution in [0.1, 0.15) is 18.5 Å². The summed E-state index contributed by atoms with van der Waals surface area (Å²) in [6.07, 6.45) is 1.63. The molecule has 4 rings (SSSR count). The van der Waals surface area contributed by atoms with Crippen molar-refractivity contribution >= 4 is 33.3 Å². The zero-order chi connectivity index (χ0) is 20.2.